The molecule has 0 saturated carbocycles. The van der Waals surface area contributed by atoms with Crippen molar-refractivity contribution < 1.29 is 4.74 Å². The zero-order valence-electron chi connectivity index (χ0n) is 12.2. The molecule has 1 aromatic carbocycles. The average Bonchev–Trinajstić information content (AvgIpc) is 2.38. The maximum atomic E-state index is 5.20. The van der Waals surface area contributed by atoms with Crippen LogP contribution in [0.4, 0.5) is 0 Å². The van der Waals surface area contributed by atoms with Gasteiger partial charge >= 0.3 is 0 Å². The molecule has 2 rings (SSSR count). The maximum absolute atomic E-state index is 5.20. The summed E-state index contributed by atoms with van der Waals surface area (Å²) in [4.78, 5) is 4.62. The molecule has 0 unspecified atom stereocenters. The van der Waals surface area contributed by atoms with Crippen molar-refractivity contribution in [1.29, 1.82) is 0 Å². The number of dihydropyridines is 1. The SMILES string of the molecule is COc1ccc(C2=CCCN=C2NC(C)(C)C)cc1. The molecule has 0 aliphatic carbocycles. The van der Waals surface area contributed by atoms with E-state index in [1.807, 2.05) is 12.1 Å². The minimum Gasteiger partial charge on any atom is -0.497 e. The number of ether oxygens (including phenoxy) is 1. The molecule has 1 N–H and O–H groups in total. The summed E-state index contributed by atoms with van der Waals surface area (Å²) in [6.45, 7) is 7.30. The van der Waals surface area contributed by atoms with Gasteiger partial charge in [-0.2, -0.15) is 0 Å². The van der Waals surface area contributed by atoms with Crippen LogP contribution in [0.2, 0.25) is 0 Å². The van der Waals surface area contributed by atoms with Crippen LogP contribution in [0, 0.1) is 0 Å². The number of amidine groups is 1. The van der Waals surface area contributed by atoms with E-state index in [1.165, 1.54) is 11.1 Å². The van der Waals surface area contributed by atoms with Gasteiger partial charge in [-0.1, -0.05) is 18.2 Å². The van der Waals surface area contributed by atoms with Crippen LogP contribution < -0.4 is 10.1 Å². The smallest absolute Gasteiger partial charge is 0.128 e. The third kappa shape index (κ3) is 3.60. The number of aliphatic imine (C=N–C) groups is 1. The van der Waals surface area contributed by atoms with Gasteiger partial charge in [-0.05, 0) is 44.9 Å². The summed E-state index contributed by atoms with van der Waals surface area (Å²) in [6, 6.07) is 8.13. The Balaban J connectivity index is 2.25. The van der Waals surface area contributed by atoms with E-state index in [1.54, 1.807) is 7.11 Å². The van der Waals surface area contributed by atoms with Crippen molar-refractivity contribution in [3.63, 3.8) is 0 Å². The molecule has 3 heteroatoms. The molecule has 19 heavy (non-hydrogen) atoms. The van der Waals surface area contributed by atoms with Crippen molar-refractivity contribution in [2.45, 2.75) is 32.7 Å². The Labute approximate surface area is 115 Å². The van der Waals surface area contributed by atoms with Gasteiger partial charge in [0.2, 0.25) is 0 Å². The number of benzene rings is 1. The van der Waals surface area contributed by atoms with Gasteiger partial charge in [0.25, 0.3) is 0 Å². The molecule has 0 saturated heterocycles. The first-order valence-electron chi connectivity index (χ1n) is 6.67. The Morgan fingerprint density at radius 2 is 1.84 bits per heavy atom. The maximum Gasteiger partial charge on any atom is 0.128 e. The summed E-state index contributed by atoms with van der Waals surface area (Å²) in [5.74, 6) is 1.87. The molecular weight excluding hydrogens is 236 g/mol. The highest BCUT2D eigenvalue weighted by Gasteiger charge is 2.18. The van der Waals surface area contributed by atoms with Crippen molar-refractivity contribution in [2.24, 2.45) is 4.99 Å². The van der Waals surface area contributed by atoms with Gasteiger partial charge in [-0.25, -0.2) is 0 Å². The second-order valence-corrected chi connectivity index (χ2v) is 5.74. The summed E-state index contributed by atoms with van der Waals surface area (Å²) in [6.07, 6.45) is 3.25. The van der Waals surface area contributed by atoms with Gasteiger partial charge in [-0.3, -0.25) is 4.99 Å². The minimum absolute atomic E-state index is 0.0156. The molecule has 0 aromatic heterocycles. The molecular formula is C16H22N2O. The Bertz CT molecular complexity index is 492. The standard InChI is InChI=1S/C16H22N2O/c1-16(2,3)18-15-14(6-5-11-17-15)12-7-9-13(19-4)10-8-12/h6-10H,5,11H2,1-4H3,(H,17,18). The van der Waals surface area contributed by atoms with Crippen molar-refractivity contribution in [2.75, 3.05) is 13.7 Å². The third-order valence-corrected chi connectivity index (χ3v) is 2.90. The van der Waals surface area contributed by atoms with Crippen LogP contribution in [0.5, 0.6) is 5.75 Å². The van der Waals surface area contributed by atoms with Crippen LogP contribution in [0.1, 0.15) is 32.8 Å². The number of methoxy groups -OCH3 is 1. The highest BCUT2D eigenvalue weighted by Crippen LogP contribution is 2.23. The predicted molar refractivity (Wildman–Crippen MR) is 80.8 cm³/mol. The lowest BCUT2D eigenvalue weighted by atomic mass is 9.99. The van der Waals surface area contributed by atoms with E-state index >= 15 is 0 Å². The fourth-order valence-electron chi connectivity index (χ4n) is 2.05. The Morgan fingerprint density at radius 3 is 2.42 bits per heavy atom. The van der Waals surface area contributed by atoms with Crippen molar-refractivity contribution in [3.8, 4) is 5.75 Å². The molecule has 0 fully saturated rings. The highest BCUT2D eigenvalue weighted by atomic mass is 16.5. The third-order valence-electron chi connectivity index (χ3n) is 2.90. The number of nitrogens with zero attached hydrogens (tertiary/aromatic N) is 1. The van der Waals surface area contributed by atoms with Crippen LogP contribution in [0.3, 0.4) is 0 Å². The number of hydrogen-bond acceptors (Lipinski definition) is 3. The van der Waals surface area contributed by atoms with Crippen molar-refractivity contribution in [1.82, 2.24) is 5.32 Å². The lowest BCUT2D eigenvalue weighted by Crippen LogP contribution is -2.41. The first-order valence-corrected chi connectivity index (χ1v) is 6.67. The van der Waals surface area contributed by atoms with Crippen LogP contribution in [-0.2, 0) is 0 Å². The molecule has 0 spiro atoms. The van der Waals surface area contributed by atoms with Crippen molar-refractivity contribution >= 4 is 11.4 Å². The fourth-order valence-corrected chi connectivity index (χ4v) is 2.05. The summed E-state index contributed by atoms with van der Waals surface area (Å²) < 4.78 is 5.20. The van der Waals surface area contributed by atoms with Crippen LogP contribution in [-0.4, -0.2) is 25.0 Å². The van der Waals surface area contributed by atoms with E-state index in [2.05, 4.69) is 49.3 Å². The molecule has 0 radical (unpaired) electrons. The predicted octanol–water partition coefficient (Wildman–Crippen LogP) is 3.27. The second kappa shape index (κ2) is 5.47. The average molecular weight is 258 g/mol. The lowest BCUT2D eigenvalue weighted by Gasteiger charge is -2.26. The summed E-state index contributed by atoms with van der Waals surface area (Å²) in [7, 11) is 1.68. The monoisotopic (exact) mass is 258 g/mol. The largest absolute Gasteiger partial charge is 0.497 e. The molecule has 1 aliphatic heterocycles. The molecule has 0 bridgehead atoms. The minimum atomic E-state index is 0.0156. The van der Waals surface area contributed by atoms with Gasteiger partial charge in [0.15, 0.2) is 0 Å². The van der Waals surface area contributed by atoms with E-state index in [0.717, 1.165) is 24.6 Å². The van der Waals surface area contributed by atoms with Gasteiger partial charge in [0.1, 0.15) is 11.6 Å². The van der Waals surface area contributed by atoms with E-state index in [-0.39, 0.29) is 5.54 Å². The van der Waals surface area contributed by atoms with E-state index in [9.17, 15) is 0 Å². The fraction of sp³-hybridized carbons (Fsp3) is 0.438. The number of nitrogens with one attached hydrogen (secondary N) is 1. The van der Waals surface area contributed by atoms with E-state index in [0.29, 0.717) is 0 Å². The molecule has 1 aliphatic rings. The Kier molecular flexibility index (Phi) is 3.93. The Hall–Kier alpha value is -1.77. The van der Waals surface area contributed by atoms with Gasteiger partial charge in [-0.15, -0.1) is 0 Å². The normalized spacial score (nSPS) is 15.6. The molecule has 3 nitrogen and oxygen atoms in total. The quantitative estimate of drug-likeness (QED) is 0.883. The molecule has 0 amide bonds. The summed E-state index contributed by atoms with van der Waals surface area (Å²) >= 11 is 0. The first kappa shape index (κ1) is 13.7. The first-order chi connectivity index (χ1) is 8.99. The Morgan fingerprint density at radius 1 is 1.16 bits per heavy atom. The van der Waals surface area contributed by atoms with Gasteiger partial charge < -0.3 is 10.1 Å². The van der Waals surface area contributed by atoms with Crippen LogP contribution in [0.25, 0.3) is 5.57 Å². The highest BCUT2D eigenvalue weighted by molar-refractivity contribution is 6.23. The van der Waals surface area contributed by atoms with Crippen LogP contribution >= 0.6 is 0 Å². The van der Waals surface area contributed by atoms with E-state index in [4.69, 9.17) is 4.74 Å². The molecule has 1 aromatic rings. The summed E-state index contributed by atoms with van der Waals surface area (Å²) in [5, 5.41) is 3.49. The number of rotatable bonds is 2. The van der Waals surface area contributed by atoms with E-state index < -0.39 is 0 Å². The topological polar surface area (TPSA) is 33.6 Å². The zero-order valence-corrected chi connectivity index (χ0v) is 12.2. The lowest BCUT2D eigenvalue weighted by molar-refractivity contribution is 0.415. The van der Waals surface area contributed by atoms with Gasteiger partial charge in [0, 0.05) is 17.7 Å². The number of hydrogen-bond donors (Lipinski definition) is 1. The summed E-state index contributed by atoms with van der Waals surface area (Å²) in [5.41, 5.74) is 2.38. The van der Waals surface area contributed by atoms with Gasteiger partial charge in [0.05, 0.1) is 7.11 Å². The molecule has 102 valence electrons. The zero-order chi connectivity index (χ0) is 13.9. The molecule has 0 atom stereocenters. The molecule has 1 heterocycles. The second-order valence-electron chi connectivity index (χ2n) is 5.74. The van der Waals surface area contributed by atoms with Crippen molar-refractivity contribution in [3.05, 3.63) is 35.9 Å². The van der Waals surface area contributed by atoms with Crippen LogP contribution in [0.15, 0.2) is 35.3 Å².